The molecule has 10 nitrogen and oxygen atoms in total. The average Bonchev–Trinajstić information content (AvgIpc) is 2.63. The van der Waals surface area contributed by atoms with Gasteiger partial charge in [-0.1, -0.05) is 30.3 Å². The highest BCUT2D eigenvalue weighted by atomic mass is 16.6. The van der Waals surface area contributed by atoms with E-state index in [1.165, 1.54) is 0 Å². The average molecular weight is 424 g/mol. The Kier molecular flexibility index (Phi) is 9.76. The first-order chi connectivity index (χ1) is 14.0. The molecule has 10 heteroatoms. The summed E-state index contributed by atoms with van der Waals surface area (Å²) in [6, 6.07) is 6.46. The van der Waals surface area contributed by atoms with Crippen LogP contribution in [0.25, 0.3) is 0 Å². The van der Waals surface area contributed by atoms with Crippen LogP contribution in [0, 0.1) is 0 Å². The van der Waals surface area contributed by atoms with E-state index in [-0.39, 0.29) is 19.6 Å². The van der Waals surface area contributed by atoms with E-state index in [0.717, 1.165) is 5.56 Å². The van der Waals surface area contributed by atoms with Gasteiger partial charge in [0.05, 0.1) is 13.2 Å². The van der Waals surface area contributed by atoms with Crippen molar-refractivity contribution in [2.75, 3.05) is 6.61 Å². The van der Waals surface area contributed by atoms with Gasteiger partial charge in [-0.2, -0.15) is 0 Å². The second-order valence-corrected chi connectivity index (χ2v) is 7.53. The van der Waals surface area contributed by atoms with Gasteiger partial charge in [-0.15, -0.1) is 0 Å². The van der Waals surface area contributed by atoms with E-state index in [1.807, 2.05) is 30.3 Å². The van der Waals surface area contributed by atoms with Crippen molar-refractivity contribution in [3.8, 4) is 0 Å². The molecule has 0 spiro atoms. The number of hydrogen-bond acceptors (Lipinski definition) is 6. The lowest BCUT2D eigenvalue weighted by Crippen LogP contribution is -2.54. The first kappa shape index (κ1) is 24.9. The summed E-state index contributed by atoms with van der Waals surface area (Å²) in [5, 5.41) is 22.6. The van der Waals surface area contributed by atoms with Crippen LogP contribution in [0.15, 0.2) is 30.3 Å². The highest BCUT2D eigenvalue weighted by Gasteiger charge is 2.28. The number of carboxylic acids is 2. The third-order valence-corrected chi connectivity index (χ3v) is 3.66. The highest BCUT2D eigenvalue weighted by Crippen LogP contribution is 2.08. The molecule has 0 bridgehead atoms. The van der Waals surface area contributed by atoms with Gasteiger partial charge in [-0.25, -0.2) is 9.59 Å². The SMILES string of the molecule is CC(C)(C)OC(=O)N[C@H](COCc1ccccc1)C(=O)N[C@H](CCC(=O)O)C(=O)O. The Morgan fingerprint density at radius 3 is 2.17 bits per heavy atom. The van der Waals surface area contributed by atoms with Crippen molar-refractivity contribution in [3.63, 3.8) is 0 Å². The summed E-state index contributed by atoms with van der Waals surface area (Å²) in [4.78, 5) is 46.7. The lowest BCUT2D eigenvalue weighted by atomic mass is 10.1. The summed E-state index contributed by atoms with van der Waals surface area (Å²) in [6.45, 7) is 4.88. The van der Waals surface area contributed by atoms with Crippen LogP contribution in [-0.4, -0.2) is 58.4 Å². The number of aliphatic carboxylic acids is 2. The van der Waals surface area contributed by atoms with Gasteiger partial charge in [-0.3, -0.25) is 9.59 Å². The molecule has 0 aliphatic heterocycles. The van der Waals surface area contributed by atoms with Gasteiger partial charge in [0.1, 0.15) is 17.7 Å². The molecular formula is C20H28N2O8. The van der Waals surface area contributed by atoms with E-state index in [4.69, 9.17) is 14.6 Å². The van der Waals surface area contributed by atoms with Crippen molar-refractivity contribution >= 4 is 23.9 Å². The fourth-order valence-electron chi connectivity index (χ4n) is 2.30. The zero-order valence-electron chi connectivity index (χ0n) is 17.2. The number of rotatable bonds is 11. The highest BCUT2D eigenvalue weighted by molar-refractivity contribution is 5.89. The minimum atomic E-state index is -1.43. The number of ether oxygens (including phenoxy) is 2. The first-order valence-electron chi connectivity index (χ1n) is 9.34. The first-order valence-corrected chi connectivity index (χ1v) is 9.34. The predicted molar refractivity (Wildman–Crippen MR) is 106 cm³/mol. The number of carbonyl (C=O) groups is 4. The Bertz CT molecular complexity index is 730. The van der Waals surface area contributed by atoms with E-state index in [0.29, 0.717) is 0 Å². The van der Waals surface area contributed by atoms with E-state index >= 15 is 0 Å². The second-order valence-electron chi connectivity index (χ2n) is 7.53. The lowest BCUT2D eigenvalue weighted by Gasteiger charge is -2.24. The number of carbonyl (C=O) groups excluding carboxylic acids is 2. The van der Waals surface area contributed by atoms with Crippen LogP contribution in [0.1, 0.15) is 39.2 Å². The van der Waals surface area contributed by atoms with Gasteiger partial charge in [0.25, 0.3) is 0 Å². The summed E-state index contributed by atoms with van der Waals surface area (Å²) in [6.07, 6.45) is -1.62. The van der Waals surface area contributed by atoms with Crippen LogP contribution in [0.2, 0.25) is 0 Å². The molecular weight excluding hydrogens is 396 g/mol. The number of nitrogens with one attached hydrogen (secondary N) is 2. The molecule has 0 aliphatic rings. The standard InChI is InChI=1S/C20H28N2O8/c1-20(2,3)30-19(28)22-15(12-29-11-13-7-5-4-6-8-13)17(25)21-14(18(26)27)9-10-16(23)24/h4-8,14-15H,9-12H2,1-3H3,(H,21,25)(H,22,28)(H,23,24)(H,26,27)/t14-,15-/m1/s1. The molecule has 0 aliphatic carbocycles. The fraction of sp³-hybridized carbons (Fsp3) is 0.500. The Hall–Kier alpha value is -3.14. The maximum atomic E-state index is 12.6. The van der Waals surface area contributed by atoms with Crippen LogP contribution in [0.3, 0.4) is 0 Å². The monoisotopic (exact) mass is 424 g/mol. The van der Waals surface area contributed by atoms with Gasteiger partial charge in [0.2, 0.25) is 5.91 Å². The van der Waals surface area contributed by atoms with Crippen molar-refractivity contribution in [2.45, 2.75) is 57.9 Å². The Balaban J connectivity index is 2.79. The molecule has 1 rings (SSSR count). The van der Waals surface area contributed by atoms with Crippen LogP contribution in [0.4, 0.5) is 4.79 Å². The number of benzene rings is 1. The summed E-state index contributed by atoms with van der Waals surface area (Å²) >= 11 is 0. The molecule has 1 aromatic rings. The molecule has 2 atom stereocenters. The molecule has 0 saturated heterocycles. The number of hydrogen-bond donors (Lipinski definition) is 4. The Labute approximate surface area is 174 Å². The molecule has 0 aromatic heterocycles. The third-order valence-electron chi connectivity index (χ3n) is 3.66. The molecule has 1 aromatic carbocycles. The molecule has 0 saturated carbocycles. The van der Waals surface area contributed by atoms with Crippen molar-refractivity contribution in [1.82, 2.24) is 10.6 Å². The molecule has 0 radical (unpaired) electrons. The molecule has 2 amide bonds. The van der Waals surface area contributed by atoms with Gasteiger partial charge < -0.3 is 30.3 Å². The van der Waals surface area contributed by atoms with Crippen LogP contribution < -0.4 is 10.6 Å². The van der Waals surface area contributed by atoms with Gasteiger partial charge in [0, 0.05) is 6.42 Å². The maximum absolute atomic E-state index is 12.6. The Morgan fingerprint density at radius 1 is 1.00 bits per heavy atom. The van der Waals surface area contributed by atoms with Crippen LogP contribution in [-0.2, 0) is 30.5 Å². The molecule has 30 heavy (non-hydrogen) atoms. The quantitative estimate of drug-likeness (QED) is 0.417. The van der Waals surface area contributed by atoms with Crippen molar-refractivity contribution in [2.24, 2.45) is 0 Å². The minimum Gasteiger partial charge on any atom is -0.481 e. The van der Waals surface area contributed by atoms with Gasteiger partial charge >= 0.3 is 18.0 Å². The summed E-state index contributed by atoms with van der Waals surface area (Å²) in [5.41, 5.74) is 0.0416. The van der Waals surface area contributed by atoms with E-state index in [1.54, 1.807) is 20.8 Å². The van der Waals surface area contributed by atoms with E-state index in [2.05, 4.69) is 10.6 Å². The molecule has 0 unspecified atom stereocenters. The lowest BCUT2D eigenvalue weighted by molar-refractivity contribution is -0.143. The zero-order valence-corrected chi connectivity index (χ0v) is 17.2. The van der Waals surface area contributed by atoms with Gasteiger partial charge in [0.15, 0.2) is 0 Å². The number of carboxylic acid groups (broad SMARTS) is 2. The zero-order chi connectivity index (χ0) is 22.7. The topological polar surface area (TPSA) is 151 Å². The second kappa shape index (κ2) is 11.8. The predicted octanol–water partition coefficient (Wildman–Crippen LogP) is 1.53. The summed E-state index contributed by atoms with van der Waals surface area (Å²) in [7, 11) is 0. The fourth-order valence-corrected chi connectivity index (χ4v) is 2.30. The normalized spacial score (nSPS) is 13.0. The van der Waals surface area contributed by atoms with E-state index in [9.17, 15) is 24.3 Å². The van der Waals surface area contributed by atoms with E-state index < -0.39 is 48.0 Å². The van der Waals surface area contributed by atoms with Crippen LogP contribution >= 0.6 is 0 Å². The molecule has 4 N–H and O–H groups in total. The summed E-state index contributed by atoms with van der Waals surface area (Å²) in [5.74, 6) is -3.40. The van der Waals surface area contributed by atoms with Crippen molar-refractivity contribution in [3.05, 3.63) is 35.9 Å². The summed E-state index contributed by atoms with van der Waals surface area (Å²) < 4.78 is 10.6. The number of amides is 2. The van der Waals surface area contributed by atoms with Crippen LogP contribution in [0.5, 0.6) is 0 Å². The smallest absolute Gasteiger partial charge is 0.408 e. The minimum absolute atomic E-state index is 0.169. The Morgan fingerprint density at radius 2 is 1.63 bits per heavy atom. The molecule has 0 heterocycles. The molecule has 166 valence electrons. The third kappa shape index (κ3) is 10.4. The van der Waals surface area contributed by atoms with Crippen molar-refractivity contribution < 1.29 is 38.9 Å². The molecule has 0 fully saturated rings. The maximum Gasteiger partial charge on any atom is 0.408 e. The van der Waals surface area contributed by atoms with Crippen molar-refractivity contribution in [1.29, 1.82) is 0 Å². The van der Waals surface area contributed by atoms with Gasteiger partial charge in [-0.05, 0) is 32.8 Å². The number of alkyl carbamates (subject to hydrolysis) is 1. The largest absolute Gasteiger partial charge is 0.481 e.